The Morgan fingerprint density at radius 2 is 2.19 bits per heavy atom. The van der Waals surface area contributed by atoms with Crippen molar-refractivity contribution in [2.75, 3.05) is 5.75 Å². The zero-order valence-corrected chi connectivity index (χ0v) is 17.6. The van der Waals surface area contributed by atoms with E-state index in [1.54, 1.807) is 35.8 Å². The molecule has 1 aliphatic rings. The van der Waals surface area contributed by atoms with E-state index in [1.807, 2.05) is 23.6 Å². The fourth-order valence-electron chi connectivity index (χ4n) is 3.27. The first-order valence-electron chi connectivity index (χ1n) is 9.33. The Morgan fingerprint density at radius 3 is 2.97 bits per heavy atom. The van der Waals surface area contributed by atoms with E-state index < -0.39 is 5.82 Å². The van der Waals surface area contributed by atoms with Crippen molar-refractivity contribution < 1.29 is 13.6 Å². The van der Waals surface area contributed by atoms with Gasteiger partial charge < -0.3 is 4.42 Å². The van der Waals surface area contributed by atoms with Crippen LogP contribution in [0.1, 0.15) is 23.1 Å². The number of nitrogens with zero attached hydrogens (tertiary/aromatic N) is 6. The molecule has 3 aromatic heterocycles. The molecule has 1 aliphatic heterocycles. The molecule has 0 spiro atoms. The van der Waals surface area contributed by atoms with E-state index in [9.17, 15) is 9.18 Å². The molecule has 0 saturated heterocycles. The summed E-state index contributed by atoms with van der Waals surface area (Å²) in [5.74, 6) is 0.146. The summed E-state index contributed by atoms with van der Waals surface area (Å²) in [7, 11) is 0. The molecule has 0 aliphatic carbocycles. The Kier molecular flexibility index (Phi) is 5.35. The Bertz CT molecular complexity index is 1220. The van der Waals surface area contributed by atoms with Crippen LogP contribution in [0.4, 0.5) is 4.39 Å². The van der Waals surface area contributed by atoms with Gasteiger partial charge in [0.25, 0.3) is 5.91 Å². The highest BCUT2D eigenvalue weighted by atomic mass is 32.2. The fourth-order valence-corrected chi connectivity index (χ4v) is 4.73. The molecule has 4 heterocycles. The second-order valence-electron chi connectivity index (χ2n) is 6.64. The number of thioether (sulfide) groups is 1. The third kappa shape index (κ3) is 4.01. The number of rotatable bonds is 6. The first-order valence-corrected chi connectivity index (χ1v) is 11.2. The zero-order chi connectivity index (χ0) is 21.2. The van der Waals surface area contributed by atoms with Crippen LogP contribution < -0.4 is 0 Å². The Balaban J connectivity index is 1.35. The largest absolute Gasteiger partial charge is 0.467 e. The third-order valence-electron chi connectivity index (χ3n) is 4.66. The SMILES string of the molecule is O=C(CSc1nnnn1-c1cccc(F)c1)N1N=C(c2cccs2)C[C@@H]1c1ccco1. The number of hydrogen-bond acceptors (Lipinski definition) is 8. The van der Waals surface area contributed by atoms with E-state index in [0.717, 1.165) is 22.4 Å². The van der Waals surface area contributed by atoms with Crippen LogP contribution in [0.15, 0.2) is 74.8 Å². The van der Waals surface area contributed by atoms with Crippen molar-refractivity contribution in [2.24, 2.45) is 5.10 Å². The molecule has 156 valence electrons. The van der Waals surface area contributed by atoms with E-state index >= 15 is 0 Å². The molecular weight excluding hydrogens is 439 g/mol. The lowest BCUT2D eigenvalue weighted by atomic mass is 10.1. The minimum atomic E-state index is -0.395. The van der Waals surface area contributed by atoms with Crippen LogP contribution in [0.3, 0.4) is 0 Å². The number of thiophene rings is 1. The maximum absolute atomic E-state index is 13.6. The van der Waals surface area contributed by atoms with Crippen molar-refractivity contribution in [3.05, 3.63) is 76.6 Å². The van der Waals surface area contributed by atoms with E-state index in [1.165, 1.54) is 21.8 Å². The number of amides is 1. The van der Waals surface area contributed by atoms with Gasteiger partial charge in [-0.1, -0.05) is 23.9 Å². The molecule has 11 heteroatoms. The molecule has 31 heavy (non-hydrogen) atoms. The van der Waals surface area contributed by atoms with Gasteiger partial charge in [0.2, 0.25) is 5.16 Å². The Hall–Kier alpha value is -3.31. The molecule has 5 rings (SSSR count). The quantitative estimate of drug-likeness (QED) is 0.410. The van der Waals surface area contributed by atoms with Gasteiger partial charge in [0.05, 0.1) is 28.3 Å². The predicted molar refractivity (Wildman–Crippen MR) is 114 cm³/mol. The second-order valence-corrected chi connectivity index (χ2v) is 8.53. The van der Waals surface area contributed by atoms with Gasteiger partial charge in [-0.3, -0.25) is 4.79 Å². The fraction of sp³-hybridized carbons (Fsp3) is 0.150. The van der Waals surface area contributed by atoms with Crippen LogP contribution in [0, 0.1) is 5.82 Å². The molecular formula is C20H15FN6O2S2. The molecule has 1 aromatic carbocycles. The number of hydrazone groups is 1. The number of carbonyl (C=O) groups is 1. The van der Waals surface area contributed by atoms with Gasteiger partial charge in [0.1, 0.15) is 17.6 Å². The third-order valence-corrected chi connectivity index (χ3v) is 6.48. The molecule has 0 saturated carbocycles. The maximum atomic E-state index is 13.6. The van der Waals surface area contributed by atoms with Crippen molar-refractivity contribution in [2.45, 2.75) is 17.6 Å². The van der Waals surface area contributed by atoms with Gasteiger partial charge in [0.15, 0.2) is 0 Å². The number of carbonyl (C=O) groups excluding carboxylic acids is 1. The molecule has 1 amide bonds. The number of halogens is 1. The minimum absolute atomic E-state index is 0.0636. The standard InChI is InChI=1S/C20H15FN6O2S2/c21-13-4-1-5-14(10-13)26-20(22-24-25-26)31-12-19(28)27-16(17-6-2-8-29-17)11-15(23-27)18-7-3-9-30-18/h1-10,16H,11-12H2/t16-/m1/s1. The van der Waals surface area contributed by atoms with E-state index in [0.29, 0.717) is 23.0 Å². The first-order chi connectivity index (χ1) is 15.2. The minimum Gasteiger partial charge on any atom is -0.467 e. The summed E-state index contributed by atoms with van der Waals surface area (Å²) in [4.78, 5) is 14.1. The summed E-state index contributed by atoms with van der Waals surface area (Å²) in [6.07, 6.45) is 2.16. The number of furan rings is 1. The van der Waals surface area contributed by atoms with Gasteiger partial charge in [-0.05, 0) is 52.2 Å². The van der Waals surface area contributed by atoms with Gasteiger partial charge in [-0.25, -0.2) is 9.40 Å². The van der Waals surface area contributed by atoms with Gasteiger partial charge >= 0.3 is 0 Å². The molecule has 0 bridgehead atoms. The van der Waals surface area contributed by atoms with Crippen LogP contribution in [-0.4, -0.2) is 42.6 Å². The van der Waals surface area contributed by atoms with Crippen LogP contribution in [0.25, 0.3) is 5.69 Å². The Morgan fingerprint density at radius 1 is 1.26 bits per heavy atom. The number of aromatic nitrogens is 4. The number of hydrogen-bond donors (Lipinski definition) is 0. The van der Waals surface area contributed by atoms with E-state index in [2.05, 4.69) is 20.6 Å². The summed E-state index contributed by atoms with van der Waals surface area (Å²) in [5.41, 5.74) is 1.33. The highest BCUT2D eigenvalue weighted by molar-refractivity contribution is 7.99. The summed E-state index contributed by atoms with van der Waals surface area (Å²) in [6, 6.07) is 13.2. The monoisotopic (exact) mass is 454 g/mol. The highest BCUT2D eigenvalue weighted by Crippen LogP contribution is 2.34. The zero-order valence-electron chi connectivity index (χ0n) is 16.0. The summed E-state index contributed by atoms with van der Waals surface area (Å²) in [6.45, 7) is 0. The number of tetrazole rings is 1. The van der Waals surface area contributed by atoms with Gasteiger partial charge in [0, 0.05) is 6.42 Å². The summed E-state index contributed by atoms with van der Waals surface area (Å²) >= 11 is 2.74. The average Bonchev–Trinajstić information content (AvgIpc) is 3.56. The molecule has 4 aromatic rings. The number of benzene rings is 1. The van der Waals surface area contributed by atoms with Crippen LogP contribution in [0.5, 0.6) is 0 Å². The molecule has 1 atom stereocenters. The van der Waals surface area contributed by atoms with Gasteiger partial charge in [-0.15, -0.1) is 16.4 Å². The first kappa shape index (κ1) is 19.6. The summed E-state index contributed by atoms with van der Waals surface area (Å²) < 4.78 is 20.5. The van der Waals surface area contributed by atoms with Crippen molar-refractivity contribution in [1.82, 2.24) is 25.2 Å². The Labute approximate surface area is 184 Å². The molecule has 0 fully saturated rings. The molecule has 8 nitrogen and oxygen atoms in total. The highest BCUT2D eigenvalue weighted by Gasteiger charge is 2.35. The lowest BCUT2D eigenvalue weighted by Gasteiger charge is -2.19. The average molecular weight is 455 g/mol. The van der Waals surface area contributed by atoms with Crippen molar-refractivity contribution >= 4 is 34.7 Å². The van der Waals surface area contributed by atoms with Crippen molar-refractivity contribution in [1.29, 1.82) is 0 Å². The predicted octanol–water partition coefficient (Wildman–Crippen LogP) is 3.93. The van der Waals surface area contributed by atoms with Crippen LogP contribution in [0.2, 0.25) is 0 Å². The van der Waals surface area contributed by atoms with E-state index in [4.69, 9.17) is 4.42 Å². The van der Waals surface area contributed by atoms with E-state index in [-0.39, 0.29) is 17.7 Å². The molecule has 0 radical (unpaired) electrons. The normalized spacial score (nSPS) is 16.0. The smallest absolute Gasteiger partial charge is 0.253 e. The molecule has 0 N–H and O–H groups in total. The molecule has 0 unspecified atom stereocenters. The maximum Gasteiger partial charge on any atom is 0.253 e. The van der Waals surface area contributed by atoms with Gasteiger partial charge in [-0.2, -0.15) is 9.78 Å². The van der Waals surface area contributed by atoms with Crippen LogP contribution >= 0.6 is 23.1 Å². The summed E-state index contributed by atoms with van der Waals surface area (Å²) in [5, 5.41) is 20.0. The van der Waals surface area contributed by atoms with Crippen molar-refractivity contribution in [3.63, 3.8) is 0 Å². The van der Waals surface area contributed by atoms with Crippen molar-refractivity contribution in [3.8, 4) is 5.69 Å². The lowest BCUT2D eigenvalue weighted by molar-refractivity contribution is -0.130. The van der Waals surface area contributed by atoms with Crippen LogP contribution in [-0.2, 0) is 4.79 Å². The topological polar surface area (TPSA) is 89.4 Å². The lowest BCUT2D eigenvalue weighted by Crippen LogP contribution is -2.28. The second kappa shape index (κ2) is 8.44.